The molecule has 0 atom stereocenters. The fraction of sp³-hybridized carbons (Fsp3) is 0.128. The normalized spacial score (nSPS) is 11.9. The van der Waals surface area contributed by atoms with Gasteiger partial charge in [-0.25, -0.2) is 9.97 Å². The number of para-hydroxylation sites is 3. The van der Waals surface area contributed by atoms with E-state index in [0.717, 1.165) is 71.8 Å². The molecule has 0 fully saturated rings. The first kappa shape index (κ1) is 33.9. The maximum atomic E-state index is 6.57. The molecule has 0 bridgehead atoms. The van der Waals surface area contributed by atoms with Gasteiger partial charge in [0, 0.05) is 28.8 Å². The Morgan fingerprint density at radius 2 is 1.26 bits per heavy atom. The molecule has 0 saturated carbocycles. The van der Waals surface area contributed by atoms with Crippen LogP contribution in [0.15, 0.2) is 128 Å². The number of nitrogens with zero attached hydrogens (tertiary/aromatic N) is 5. The van der Waals surface area contributed by atoms with Crippen LogP contribution in [0.3, 0.4) is 0 Å². The molecular weight excluding hydrogens is 757 g/mol. The number of hydrogen-bond acceptors (Lipinski definition) is 4. The van der Waals surface area contributed by atoms with Crippen molar-refractivity contribution in [3.63, 3.8) is 0 Å². The van der Waals surface area contributed by atoms with Gasteiger partial charge in [-0.3, -0.25) is 4.98 Å². The molecule has 0 aliphatic carbocycles. The molecule has 0 aliphatic rings. The van der Waals surface area contributed by atoms with Crippen LogP contribution in [-0.4, -0.2) is 23.9 Å². The van der Waals surface area contributed by atoms with E-state index in [1.54, 1.807) is 0 Å². The van der Waals surface area contributed by atoms with Crippen LogP contribution in [-0.2, 0) is 20.4 Å². The molecule has 7 heteroatoms. The largest absolute Gasteiger partial charge is 2.00 e. The molecular formula is C47H35N5OPd. The van der Waals surface area contributed by atoms with Crippen molar-refractivity contribution in [1.82, 2.24) is 23.9 Å². The summed E-state index contributed by atoms with van der Waals surface area (Å²) in [5, 5.41) is 5.14. The summed E-state index contributed by atoms with van der Waals surface area (Å²) in [6.45, 7) is 9.02. The number of hydrogen-bond donors (Lipinski definition) is 0. The monoisotopic (exact) mass is 791 g/mol. The summed E-state index contributed by atoms with van der Waals surface area (Å²) in [6.07, 6.45) is 1.81. The van der Waals surface area contributed by atoms with Crippen molar-refractivity contribution in [2.24, 2.45) is 0 Å². The molecule has 0 spiro atoms. The van der Waals surface area contributed by atoms with Crippen molar-refractivity contribution in [3.05, 3.63) is 151 Å². The Balaban J connectivity index is 0.00000384. The first-order valence-electron chi connectivity index (χ1n) is 18.2. The van der Waals surface area contributed by atoms with Crippen LogP contribution < -0.4 is 4.74 Å². The smallest absolute Gasteiger partial charge is 0.503 e. The number of imidazole rings is 1. The third kappa shape index (κ3) is 5.30. The minimum Gasteiger partial charge on any atom is -0.503 e. The maximum Gasteiger partial charge on any atom is 2.00 e. The maximum absolute atomic E-state index is 6.57. The Morgan fingerprint density at radius 1 is 0.574 bits per heavy atom. The average molecular weight is 792 g/mol. The average Bonchev–Trinajstić information content (AvgIpc) is 3.74. The second kappa shape index (κ2) is 13.2. The van der Waals surface area contributed by atoms with Crippen molar-refractivity contribution in [3.8, 4) is 28.6 Å². The van der Waals surface area contributed by atoms with Crippen molar-refractivity contribution in [2.45, 2.75) is 39.5 Å². The van der Waals surface area contributed by atoms with Crippen molar-refractivity contribution < 1.29 is 25.2 Å². The van der Waals surface area contributed by atoms with E-state index in [1.807, 2.05) is 42.6 Å². The molecule has 0 amide bonds. The quantitative estimate of drug-likeness (QED) is 0.0956. The van der Waals surface area contributed by atoms with Crippen LogP contribution in [0.2, 0.25) is 0 Å². The number of fused-ring (bicyclic) bond motifs is 11. The van der Waals surface area contributed by atoms with Gasteiger partial charge < -0.3 is 13.7 Å². The predicted octanol–water partition coefficient (Wildman–Crippen LogP) is 12.0. The van der Waals surface area contributed by atoms with Crippen LogP contribution >= 0.6 is 0 Å². The summed E-state index contributed by atoms with van der Waals surface area (Å²) in [6, 6.07) is 48.9. The van der Waals surface area contributed by atoms with E-state index in [0.29, 0.717) is 23.3 Å². The van der Waals surface area contributed by atoms with Gasteiger partial charge in [0.15, 0.2) is 0 Å². The minimum atomic E-state index is 0. The van der Waals surface area contributed by atoms with Gasteiger partial charge in [-0.1, -0.05) is 111 Å². The van der Waals surface area contributed by atoms with E-state index in [-0.39, 0.29) is 20.4 Å². The standard InChI is InChI=1S/C47H35N5O.Pd/c1-28(2)32-13-11-14-33(29(3)4)45(32)40-24-23-37-34-21-19-30(26-38(34)47-49-39-15-6-8-17-42(39)52(47)46(37)50-40)53-31-20-22-36-35-12-5-7-16-41(35)51(43(36)27-31)44-18-9-10-25-48-44;/h5-25,28-29H,1-4H3;/q-2;+2. The van der Waals surface area contributed by atoms with Crippen LogP contribution in [0.5, 0.6) is 11.5 Å². The number of ether oxygens (including phenoxy) is 1. The van der Waals surface area contributed by atoms with E-state index in [4.69, 9.17) is 14.7 Å². The van der Waals surface area contributed by atoms with Crippen LogP contribution in [0, 0.1) is 12.1 Å². The summed E-state index contributed by atoms with van der Waals surface area (Å²) in [7, 11) is 0. The molecule has 264 valence electrons. The summed E-state index contributed by atoms with van der Waals surface area (Å²) in [5.41, 5.74) is 10.3. The van der Waals surface area contributed by atoms with Gasteiger partial charge in [-0.2, -0.15) is 6.07 Å². The molecule has 54 heavy (non-hydrogen) atoms. The van der Waals surface area contributed by atoms with Gasteiger partial charge in [-0.15, -0.1) is 29.7 Å². The van der Waals surface area contributed by atoms with E-state index in [2.05, 4.69) is 139 Å². The van der Waals surface area contributed by atoms with Gasteiger partial charge in [0.1, 0.15) is 11.5 Å². The zero-order chi connectivity index (χ0) is 35.8. The summed E-state index contributed by atoms with van der Waals surface area (Å²) < 4.78 is 10.9. The van der Waals surface area contributed by atoms with E-state index < -0.39 is 0 Å². The number of rotatable bonds is 6. The summed E-state index contributed by atoms with van der Waals surface area (Å²) in [5.74, 6) is 2.72. The SMILES string of the molecule is CC(C)c1cccc(C(C)C)c1-c1ccc2c3ccc(Oc4[c-]c5c(cc4)c4ccccc4n5-c4ccccn4)[c-]c3c3nc4ccccc4n3c2n1.[Pd+2]. The van der Waals surface area contributed by atoms with Gasteiger partial charge in [-0.05, 0) is 70.1 Å². The first-order valence-corrected chi connectivity index (χ1v) is 18.2. The molecule has 5 aromatic carbocycles. The molecule has 10 rings (SSSR count). The Hall–Kier alpha value is -5.87. The fourth-order valence-electron chi connectivity index (χ4n) is 7.93. The fourth-order valence-corrected chi connectivity index (χ4v) is 7.93. The van der Waals surface area contributed by atoms with Gasteiger partial charge in [0.05, 0.1) is 22.4 Å². The molecule has 0 saturated heterocycles. The molecule has 10 aromatic rings. The second-order valence-corrected chi connectivity index (χ2v) is 14.3. The third-order valence-electron chi connectivity index (χ3n) is 10.4. The molecule has 0 radical (unpaired) electrons. The molecule has 0 N–H and O–H groups in total. The zero-order valence-corrected chi connectivity index (χ0v) is 31.8. The van der Waals surface area contributed by atoms with Gasteiger partial charge >= 0.3 is 20.4 Å². The number of aromatic nitrogens is 5. The Bertz CT molecular complexity index is 3030. The summed E-state index contributed by atoms with van der Waals surface area (Å²) >= 11 is 0. The minimum absolute atomic E-state index is 0. The molecule has 5 heterocycles. The van der Waals surface area contributed by atoms with Crippen LogP contribution in [0.4, 0.5) is 0 Å². The molecule has 6 nitrogen and oxygen atoms in total. The molecule has 0 aliphatic heterocycles. The molecule has 5 aromatic heterocycles. The van der Waals surface area contributed by atoms with Crippen LogP contribution in [0.25, 0.3) is 77.4 Å². The predicted molar refractivity (Wildman–Crippen MR) is 215 cm³/mol. The number of pyridine rings is 3. The van der Waals surface area contributed by atoms with Gasteiger partial charge in [0.25, 0.3) is 0 Å². The van der Waals surface area contributed by atoms with Crippen molar-refractivity contribution in [2.75, 3.05) is 0 Å². The van der Waals surface area contributed by atoms with E-state index in [9.17, 15) is 0 Å². The van der Waals surface area contributed by atoms with Gasteiger partial charge in [0.2, 0.25) is 0 Å². The Morgan fingerprint density at radius 3 is 2.02 bits per heavy atom. The number of benzene rings is 5. The van der Waals surface area contributed by atoms with E-state index >= 15 is 0 Å². The van der Waals surface area contributed by atoms with E-state index in [1.165, 1.54) is 16.7 Å². The molecule has 0 unspecified atom stereocenters. The Labute approximate surface area is 326 Å². The first-order chi connectivity index (χ1) is 25.9. The van der Waals surface area contributed by atoms with Crippen molar-refractivity contribution in [1.29, 1.82) is 0 Å². The zero-order valence-electron chi connectivity index (χ0n) is 30.2. The topological polar surface area (TPSA) is 57.2 Å². The Kier molecular flexibility index (Phi) is 8.30. The van der Waals surface area contributed by atoms with Crippen LogP contribution in [0.1, 0.15) is 50.7 Å². The van der Waals surface area contributed by atoms with Crippen molar-refractivity contribution >= 4 is 60.3 Å². The third-order valence-corrected chi connectivity index (χ3v) is 10.4. The summed E-state index contributed by atoms with van der Waals surface area (Å²) in [4.78, 5) is 15.3. The second-order valence-electron chi connectivity index (χ2n) is 14.3.